The number of hydrogen-bond acceptors (Lipinski definition) is 3. The van der Waals surface area contributed by atoms with Crippen molar-refractivity contribution in [3.63, 3.8) is 0 Å². The molecule has 0 aliphatic carbocycles. The topological polar surface area (TPSA) is 57.8 Å². The van der Waals surface area contributed by atoms with E-state index in [1.807, 2.05) is 48.1 Å². The summed E-state index contributed by atoms with van der Waals surface area (Å²) in [5, 5.41) is 4.06. The molecule has 1 amide bonds. The van der Waals surface area contributed by atoms with Crippen LogP contribution in [0.25, 0.3) is 32.8 Å². The Labute approximate surface area is 135 Å². The number of fused-ring (bicyclic) bond motifs is 4. The highest BCUT2D eigenvalue weighted by molar-refractivity contribution is 7.17. The summed E-state index contributed by atoms with van der Waals surface area (Å²) in [6, 6.07) is 11.9. The highest BCUT2D eigenvalue weighted by atomic mass is 32.1. The first-order valence-electron chi connectivity index (χ1n) is 7.27. The molecule has 2 aromatic carbocycles. The van der Waals surface area contributed by atoms with Crippen LogP contribution in [0.1, 0.15) is 11.1 Å². The van der Waals surface area contributed by atoms with Gasteiger partial charge in [-0.1, -0.05) is 18.2 Å². The average Bonchev–Trinajstić information content (AvgIpc) is 3.26. The van der Waals surface area contributed by atoms with Crippen LogP contribution in [0.15, 0.2) is 48.1 Å². The van der Waals surface area contributed by atoms with E-state index in [0.29, 0.717) is 5.57 Å². The molecule has 1 aliphatic rings. The van der Waals surface area contributed by atoms with Crippen molar-refractivity contribution in [3.05, 3.63) is 59.2 Å². The number of H-pyrrole nitrogens is 1. The normalized spacial score (nSPS) is 15.5. The van der Waals surface area contributed by atoms with Crippen molar-refractivity contribution in [1.29, 1.82) is 0 Å². The summed E-state index contributed by atoms with van der Waals surface area (Å²) in [5.41, 5.74) is 7.33. The molecule has 4 aromatic rings. The van der Waals surface area contributed by atoms with Gasteiger partial charge in [0, 0.05) is 28.2 Å². The Kier molecular flexibility index (Phi) is 2.49. The van der Waals surface area contributed by atoms with Gasteiger partial charge in [-0.25, -0.2) is 4.98 Å². The van der Waals surface area contributed by atoms with Crippen LogP contribution in [0.2, 0.25) is 0 Å². The Morgan fingerprint density at radius 2 is 2.04 bits per heavy atom. The highest BCUT2D eigenvalue weighted by Crippen LogP contribution is 2.40. The number of carbonyl (C=O) groups is 1. The van der Waals surface area contributed by atoms with Crippen molar-refractivity contribution < 1.29 is 4.79 Å². The van der Waals surface area contributed by atoms with Crippen molar-refractivity contribution >= 4 is 55.7 Å². The van der Waals surface area contributed by atoms with Crippen LogP contribution in [0.4, 0.5) is 5.69 Å². The number of nitrogens with one attached hydrogen (secondary N) is 2. The van der Waals surface area contributed by atoms with E-state index in [0.717, 1.165) is 37.9 Å². The standard InChI is InChI=1S/C18H11N3OS/c22-18-12(7-10-8-19-13-4-2-1-3-11(10)13)16-14(21-18)5-6-15-17(16)23-9-20-15/h1-9,19H,(H,21,22). The minimum absolute atomic E-state index is 0.0637. The maximum Gasteiger partial charge on any atom is 0.256 e. The molecule has 0 bridgehead atoms. The molecule has 0 radical (unpaired) electrons. The van der Waals surface area contributed by atoms with Crippen LogP contribution in [-0.2, 0) is 4.79 Å². The van der Waals surface area contributed by atoms with Gasteiger partial charge in [0.25, 0.3) is 5.91 Å². The van der Waals surface area contributed by atoms with Crippen molar-refractivity contribution in [2.75, 3.05) is 5.32 Å². The van der Waals surface area contributed by atoms with Crippen molar-refractivity contribution in [3.8, 4) is 0 Å². The number of hydrogen-bond donors (Lipinski definition) is 2. The van der Waals surface area contributed by atoms with Gasteiger partial charge in [-0.05, 0) is 24.3 Å². The molecule has 0 atom stereocenters. The summed E-state index contributed by atoms with van der Waals surface area (Å²) in [4.78, 5) is 20.0. The molecule has 0 saturated carbocycles. The largest absolute Gasteiger partial charge is 0.361 e. The summed E-state index contributed by atoms with van der Waals surface area (Å²) in [6.07, 6.45) is 3.90. The van der Waals surface area contributed by atoms with E-state index < -0.39 is 0 Å². The molecule has 110 valence electrons. The SMILES string of the molecule is O=C1Nc2ccc3ncsc3c2C1=Cc1c[nH]c2ccccc12. The second-order valence-corrected chi connectivity index (χ2v) is 6.35. The van der Waals surface area contributed by atoms with Gasteiger partial charge < -0.3 is 10.3 Å². The van der Waals surface area contributed by atoms with Crippen LogP contribution in [0, 0.1) is 0 Å². The van der Waals surface area contributed by atoms with E-state index in [1.165, 1.54) is 0 Å². The van der Waals surface area contributed by atoms with Gasteiger partial charge in [0.05, 0.1) is 27.0 Å². The zero-order chi connectivity index (χ0) is 15.4. The van der Waals surface area contributed by atoms with E-state index in [-0.39, 0.29) is 5.91 Å². The van der Waals surface area contributed by atoms with Crippen LogP contribution < -0.4 is 5.32 Å². The number of thiazole rings is 1. The lowest BCUT2D eigenvalue weighted by molar-refractivity contribution is -0.110. The number of carbonyl (C=O) groups excluding carboxylic acids is 1. The van der Waals surface area contributed by atoms with E-state index >= 15 is 0 Å². The predicted octanol–water partition coefficient (Wildman–Crippen LogP) is 4.27. The number of nitrogens with zero attached hydrogens (tertiary/aromatic N) is 1. The van der Waals surface area contributed by atoms with Gasteiger partial charge in [0.2, 0.25) is 0 Å². The second kappa shape index (κ2) is 4.54. The van der Waals surface area contributed by atoms with Crippen molar-refractivity contribution in [2.24, 2.45) is 0 Å². The number of anilines is 1. The Hall–Kier alpha value is -2.92. The maximum atomic E-state index is 12.5. The molecule has 0 spiro atoms. The fraction of sp³-hybridized carbons (Fsp3) is 0. The molecule has 2 N–H and O–H groups in total. The average molecular weight is 317 g/mol. The lowest BCUT2D eigenvalue weighted by atomic mass is 10.0. The third-order valence-electron chi connectivity index (χ3n) is 4.18. The lowest BCUT2D eigenvalue weighted by Crippen LogP contribution is -2.03. The molecule has 0 saturated heterocycles. The third-order valence-corrected chi connectivity index (χ3v) is 5.04. The third kappa shape index (κ3) is 1.77. The molecule has 0 fully saturated rings. The molecular weight excluding hydrogens is 306 g/mol. The number of aromatic nitrogens is 2. The lowest BCUT2D eigenvalue weighted by Gasteiger charge is -2.00. The van der Waals surface area contributed by atoms with E-state index in [2.05, 4.69) is 21.4 Å². The molecule has 3 heterocycles. The second-order valence-electron chi connectivity index (χ2n) is 5.49. The quantitative estimate of drug-likeness (QED) is 0.515. The summed E-state index contributed by atoms with van der Waals surface area (Å²) in [7, 11) is 0. The fourth-order valence-electron chi connectivity index (χ4n) is 3.11. The predicted molar refractivity (Wildman–Crippen MR) is 94.4 cm³/mol. The molecule has 2 aromatic heterocycles. The molecule has 23 heavy (non-hydrogen) atoms. The van der Waals surface area contributed by atoms with Crippen molar-refractivity contribution in [1.82, 2.24) is 9.97 Å². The minimum Gasteiger partial charge on any atom is -0.361 e. The van der Waals surface area contributed by atoms with Gasteiger partial charge in [-0.3, -0.25) is 4.79 Å². The van der Waals surface area contributed by atoms with Gasteiger partial charge >= 0.3 is 0 Å². The van der Waals surface area contributed by atoms with Crippen LogP contribution >= 0.6 is 11.3 Å². The van der Waals surface area contributed by atoms with Crippen molar-refractivity contribution in [2.45, 2.75) is 0 Å². The monoisotopic (exact) mass is 317 g/mol. The van der Waals surface area contributed by atoms with Gasteiger partial charge in [0.1, 0.15) is 0 Å². The molecule has 5 heteroatoms. The number of benzene rings is 2. The minimum atomic E-state index is -0.0637. The Bertz CT molecular complexity index is 1120. The smallest absolute Gasteiger partial charge is 0.256 e. The first kappa shape index (κ1) is 12.6. The molecule has 1 aliphatic heterocycles. The zero-order valence-electron chi connectivity index (χ0n) is 12.0. The number of aromatic amines is 1. The van der Waals surface area contributed by atoms with Crippen LogP contribution in [-0.4, -0.2) is 15.9 Å². The van der Waals surface area contributed by atoms with Gasteiger partial charge in [-0.15, -0.1) is 11.3 Å². The number of rotatable bonds is 1. The number of amides is 1. The fourth-order valence-corrected chi connectivity index (χ4v) is 3.96. The Morgan fingerprint density at radius 1 is 1.13 bits per heavy atom. The summed E-state index contributed by atoms with van der Waals surface area (Å²) in [5.74, 6) is -0.0637. The van der Waals surface area contributed by atoms with Gasteiger partial charge in [0.15, 0.2) is 0 Å². The maximum absolute atomic E-state index is 12.5. The van der Waals surface area contributed by atoms with Crippen LogP contribution in [0.3, 0.4) is 0 Å². The molecular formula is C18H11N3OS. The van der Waals surface area contributed by atoms with E-state index in [9.17, 15) is 4.79 Å². The van der Waals surface area contributed by atoms with Gasteiger partial charge in [-0.2, -0.15) is 0 Å². The first-order valence-corrected chi connectivity index (χ1v) is 8.15. The van der Waals surface area contributed by atoms with E-state index in [4.69, 9.17) is 0 Å². The Balaban J connectivity index is 1.78. The molecule has 0 unspecified atom stereocenters. The van der Waals surface area contributed by atoms with E-state index in [1.54, 1.807) is 11.3 Å². The summed E-state index contributed by atoms with van der Waals surface area (Å²) < 4.78 is 1.05. The highest BCUT2D eigenvalue weighted by Gasteiger charge is 2.27. The summed E-state index contributed by atoms with van der Waals surface area (Å²) >= 11 is 1.56. The summed E-state index contributed by atoms with van der Waals surface area (Å²) in [6.45, 7) is 0. The number of para-hydroxylation sites is 1. The molecule has 5 rings (SSSR count). The van der Waals surface area contributed by atoms with Crippen LogP contribution in [0.5, 0.6) is 0 Å². The first-order chi connectivity index (χ1) is 11.3. The zero-order valence-corrected chi connectivity index (χ0v) is 12.8. The molecule has 4 nitrogen and oxygen atoms in total. The Morgan fingerprint density at radius 3 is 3.00 bits per heavy atom.